The zero-order chi connectivity index (χ0) is 13.8. The molecule has 0 bridgehead atoms. The van der Waals surface area contributed by atoms with E-state index in [9.17, 15) is 5.11 Å². The summed E-state index contributed by atoms with van der Waals surface area (Å²) < 4.78 is 0.937. The first-order valence-corrected chi connectivity index (χ1v) is 8.07. The SMILES string of the molecule is C[C@H](O)c1ccc(SCc2ccccc2Cl)cc1Br. The lowest BCUT2D eigenvalue weighted by Crippen LogP contribution is -1.92. The van der Waals surface area contributed by atoms with Gasteiger partial charge in [-0.05, 0) is 36.2 Å². The van der Waals surface area contributed by atoms with Crippen LogP contribution in [0.2, 0.25) is 5.02 Å². The molecule has 1 N–H and O–H groups in total. The summed E-state index contributed by atoms with van der Waals surface area (Å²) in [4.78, 5) is 1.15. The number of halogens is 2. The second kappa shape index (κ2) is 6.80. The zero-order valence-electron chi connectivity index (χ0n) is 10.4. The van der Waals surface area contributed by atoms with Crippen molar-refractivity contribution in [1.82, 2.24) is 0 Å². The number of benzene rings is 2. The van der Waals surface area contributed by atoms with Gasteiger partial charge in [0.1, 0.15) is 0 Å². The fourth-order valence-electron chi connectivity index (χ4n) is 1.71. The molecule has 2 aromatic rings. The Kier molecular flexibility index (Phi) is 5.34. The molecule has 0 aliphatic carbocycles. The molecule has 0 amide bonds. The highest BCUT2D eigenvalue weighted by Crippen LogP contribution is 2.31. The van der Waals surface area contributed by atoms with Gasteiger partial charge >= 0.3 is 0 Å². The van der Waals surface area contributed by atoms with E-state index in [0.717, 1.165) is 31.3 Å². The van der Waals surface area contributed by atoms with E-state index >= 15 is 0 Å². The molecule has 0 saturated heterocycles. The van der Waals surface area contributed by atoms with Crippen LogP contribution in [0.1, 0.15) is 24.2 Å². The summed E-state index contributed by atoms with van der Waals surface area (Å²) in [7, 11) is 0. The highest BCUT2D eigenvalue weighted by atomic mass is 79.9. The van der Waals surface area contributed by atoms with Crippen molar-refractivity contribution >= 4 is 39.3 Å². The van der Waals surface area contributed by atoms with Crippen molar-refractivity contribution in [2.24, 2.45) is 0 Å². The standard InChI is InChI=1S/C15H14BrClOS/c1-10(18)13-7-6-12(8-14(13)16)19-9-11-4-2-3-5-15(11)17/h2-8,10,18H,9H2,1H3/t10-/m0/s1. The molecule has 19 heavy (non-hydrogen) atoms. The van der Waals surface area contributed by atoms with Crippen LogP contribution in [0.5, 0.6) is 0 Å². The molecule has 0 aliphatic rings. The Morgan fingerprint density at radius 1 is 1.26 bits per heavy atom. The molecule has 2 rings (SSSR count). The van der Waals surface area contributed by atoms with E-state index in [1.54, 1.807) is 18.7 Å². The number of hydrogen-bond acceptors (Lipinski definition) is 2. The van der Waals surface area contributed by atoms with Crippen molar-refractivity contribution in [2.75, 3.05) is 0 Å². The van der Waals surface area contributed by atoms with E-state index in [0.29, 0.717) is 0 Å². The Morgan fingerprint density at radius 3 is 2.63 bits per heavy atom. The zero-order valence-corrected chi connectivity index (χ0v) is 13.6. The molecule has 0 heterocycles. The van der Waals surface area contributed by atoms with Crippen LogP contribution < -0.4 is 0 Å². The van der Waals surface area contributed by atoms with Gasteiger partial charge in [-0.3, -0.25) is 0 Å². The molecule has 0 radical (unpaired) electrons. The fourth-order valence-corrected chi connectivity index (χ4v) is 3.80. The smallest absolute Gasteiger partial charge is 0.0772 e. The van der Waals surface area contributed by atoms with Gasteiger partial charge in [-0.25, -0.2) is 0 Å². The van der Waals surface area contributed by atoms with Crippen LogP contribution in [0.15, 0.2) is 51.8 Å². The van der Waals surface area contributed by atoms with Crippen LogP contribution >= 0.6 is 39.3 Å². The molecule has 0 saturated carbocycles. The summed E-state index contributed by atoms with van der Waals surface area (Å²) in [6.45, 7) is 1.76. The van der Waals surface area contributed by atoms with Gasteiger partial charge in [0.15, 0.2) is 0 Å². The Morgan fingerprint density at radius 2 is 2.00 bits per heavy atom. The molecular formula is C15H14BrClOS. The molecule has 2 aromatic carbocycles. The van der Waals surface area contributed by atoms with Gasteiger partial charge in [0.2, 0.25) is 0 Å². The minimum Gasteiger partial charge on any atom is -0.389 e. The molecule has 0 aliphatic heterocycles. The molecule has 0 aromatic heterocycles. The van der Waals surface area contributed by atoms with E-state index in [2.05, 4.69) is 15.9 Å². The monoisotopic (exact) mass is 356 g/mol. The van der Waals surface area contributed by atoms with Crippen LogP contribution in [0.4, 0.5) is 0 Å². The van der Waals surface area contributed by atoms with Gasteiger partial charge in [0.05, 0.1) is 6.10 Å². The van der Waals surface area contributed by atoms with Crippen molar-refractivity contribution in [1.29, 1.82) is 0 Å². The normalized spacial score (nSPS) is 12.4. The minimum absolute atomic E-state index is 0.461. The van der Waals surface area contributed by atoms with Gasteiger partial charge in [-0.2, -0.15) is 0 Å². The number of thioether (sulfide) groups is 1. The maximum Gasteiger partial charge on any atom is 0.0772 e. The largest absolute Gasteiger partial charge is 0.389 e. The number of rotatable bonds is 4. The second-order valence-corrected chi connectivity index (χ2v) is 6.55. The lowest BCUT2D eigenvalue weighted by molar-refractivity contribution is 0.198. The van der Waals surface area contributed by atoms with Crippen LogP contribution in [0, 0.1) is 0 Å². The third-order valence-corrected chi connectivity index (χ3v) is 4.87. The van der Waals surface area contributed by atoms with Crippen LogP contribution in [-0.4, -0.2) is 5.11 Å². The Balaban J connectivity index is 2.08. The third kappa shape index (κ3) is 3.99. The van der Waals surface area contributed by atoms with E-state index < -0.39 is 6.10 Å². The van der Waals surface area contributed by atoms with Gasteiger partial charge < -0.3 is 5.11 Å². The molecule has 100 valence electrons. The number of aliphatic hydroxyl groups is 1. The lowest BCUT2D eigenvalue weighted by atomic mass is 10.1. The second-order valence-electron chi connectivity index (χ2n) is 4.24. The third-order valence-electron chi connectivity index (χ3n) is 2.77. The summed E-state index contributed by atoms with van der Waals surface area (Å²) in [5, 5.41) is 10.4. The van der Waals surface area contributed by atoms with Gasteiger partial charge in [-0.15, -0.1) is 11.8 Å². The quantitative estimate of drug-likeness (QED) is 0.734. The predicted molar refractivity (Wildman–Crippen MR) is 85.8 cm³/mol. The Labute approximate surface area is 131 Å². The Hall–Kier alpha value is -0.480. The molecule has 0 unspecified atom stereocenters. The maximum absolute atomic E-state index is 9.59. The van der Waals surface area contributed by atoms with Gasteiger partial charge in [-0.1, -0.05) is 51.8 Å². The molecule has 4 heteroatoms. The Bertz CT molecular complexity index is 572. The van der Waals surface area contributed by atoms with Crippen LogP contribution in [0.3, 0.4) is 0 Å². The molecule has 0 fully saturated rings. The first kappa shape index (κ1) is 14.9. The van der Waals surface area contributed by atoms with Gasteiger partial charge in [0, 0.05) is 20.1 Å². The summed E-state index contributed by atoms with van der Waals surface area (Å²) in [5.74, 6) is 0.833. The number of hydrogen-bond donors (Lipinski definition) is 1. The summed E-state index contributed by atoms with van der Waals surface area (Å²) in [6.07, 6.45) is -0.461. The average Bonchev–Trinajstić information content (AvgIpc) is 2.37. The lowest BCUT2D eigenvalue weighted by Gasteiger charge is -2.10. The van der Waals surface area contributed by atoms with Crippen LogP contribution in [-0.2, 0) is 5.75 Å². The first-order chi connectivity index (χ1) is 9.08. The topological polar surface area (TPSA) is 20.2 Å². The maximum atomic E-state index is 9.59. The molecule has 0 spiro atoms. The van der Waals surface area contributed by atoms with Crippen molar-refractivity contribution in [3.8, 4) is 0 Å². The van der Waals surface area contributed by atoms with Crippen molar-refractivity contribution < 1.29 is 5.11 Å². The van der Waals surface area contributed by atoms with Crippen molar-refractivity contribution in [2.45, 2.75) is 23.7 Å². The summed E-state index contributed by atoms with van der Waals surface area (Å²) in [5.41, 5.74) is 2.03. The van der Waals surface area contributed by atoms with E-state index in [4.69, 9.17) is 11.6 Å². The summed E-state index contributed by atoms with van der Waals surface area (Å²) in [6, 6.07) is 13.9. The summed E-state index contributed by atoms with van der Waals surface area (Å²) >= 11 is 11.3. The van der Waals surface area contributed by atoms with E-state index in [-0.39, 0.29) is 0 Å². The number of aliphatic hydroxyl groups excluding tert-OH is 1. The van der Waals surface area contributed by atoms with Crippen molar-refractivity contribution in [3.05, 3.63) is 63.1 Å². The van der Waals surface area contributed by atoms with E-state index in [1.165, 1.54) is 0 Å². The van der Waals surface area contributed by atoms with E-state index in [1.807, 2.05) is 42.5 Å². The molecule has 1 nitrogen and oxygen atoms in total. The molecule has 1 atom stereocenters. The highest BCUT2D eigenvalue weighted by Gasteiger charge is 2.07. The van der Waals surface area contributed by atoms with Crippen molar-refractivity contribution in [3.63, 3.8) is 0 Å². The fraction of sp³-hybridized carbons (Fsp3) is 0.200. The minimum atomic E-state index is -0.461. The highest BCUT2D eigenvalue weighted by molar-refractivity contribution is 9.10. The van der Waals surface area contributed by atoms with Crippen LogP contribution in [0.25, 0.3) is 0 Å². The molecular weight excluding hydrogens is 344 g/mol. The predicted octanol–water partition coefficient (Wildman–Crippen LogP) is 5.45. The first-order valence-electron chi connectivity index (χ1n) is 5.91. The average molecular weight is 358 g/mol. The van der Waals surface area contributed by atoms with Gasteiger partial charge in [0.25, 0.3) is 0 Å².